The lowest BCUT2D eigenvalue weighted by atomic mass is 9.98. The molecule has 8 nitrogen and oxygen atoms in total. The van der Waals surface area contributed by atoms with Crippen molar-refractivity contribution in [3.05, 3.63) is 33.4 Å². The summed E-state index contributed by atoms with van der Waals surface area (Å²) in [5.74, 6) is -0.682. The van der Waals surface area contributed by atoms with Crippen LogP contribution >= 0.6 is 11.8 Å². The van der Waals surface area contributed by atoms with E-state index >= 15 is 0 Å². The Hall–Kier alpha value is -2.29. The van der Waals surface area contributed by atoms with Crippen LogP contribution in [0.4, 0.5) is 5.69 Å². The zero-order valence-corrected chi connectivity index (χ0v) is 13.4. The molecule has 1 aromatic rings. The van der Waals surface area contributed by atoms with Crippen LogP contribution in [-0.2, 0) is 4.79 Å². The van der Waals surface area contributed by atoms with Gasteiger partial charge in [0, 0.05) is 17.4 Å². The van der Waals surface area contributed by atoms with E-state index in [-0.39, 0.29) is 22.8 Å². The smallest absolute Gasteiger partial charge is 0.330 e. The number of nitrogens with zero attached hydrogens (tertiary/aromatic N) is 1. The third kappa shape index (κ3) is 3.24. The van der Waals surface area contributed by atoms with Crippen LogP contribution in [0, 0.1) is 17.0 Å². The van der Waals surface area contributed by atoms with Gasteiger partial charge in [-0.25, -0.2) is 4.79 Å². The number of carboxylic acid groups (broad SMARTS) is 1. The van der Waals surface area contributed by atoms with Gasteiger partial charge in [-0.15, -0.1) is 0 Å². The van der Waals surface area contributed by atoms with Gasteiger partial charge in [-0.1, -0.05) is 0 Å². The molecule has 0 aromatic heterocycles. The molecule has 2 rings (SSSR count). The summed E-state index contributed by atoms with van der Waals surface area (Å²) in [5.41, 5.74) is -1.29. The Morgan fingerprint density at radius 1 is 1.48 bits per heavy atom. The summed E-state index contributed by atoms with van der Waals surface area (Å²) in [6, 6.07) is 2.50. The van der Waals surface area contributed by atoms with Gasteiger partial charge in [0.2, 0.25) is 0 Å². The van der Waals surface area contributed by atoms with E-state index in [0.717, 1.165) is 6.07 Å². The third-order valence-electron chi connectivity index (χ3n) is 3.80. The van der Waals surface area contributed by atoms with Gasteiger partial charge in [0.15, 0.2) is 0 Å². The summed E-state index contributed by atoms with van der Waals surface area (Å²) in [4.78, 5) is 34.4. The van der Waals surface area contributed by atoms with E-state index in [1.165, 1.54) is 31.9 Å². The lowest BCUT2D eigenvalue weighted by Gasteiger charge is -2.24. The molecular formula is C14H16N2O6S. The summed E-state index contributed by atoms with van der Waals surface area (Å²) < 4.78 is 5.06. The number of nitro benzene ring substituents is 1. The molecule has 0 spiro atoms. The third-order valence-corrected chi connectivity index (χ3v) is 4.98. The summed E-state index contributed by atoms with van der Waals surface area (Å²) in [5, 5.41) is 23.0. The monoisotopic (exact) mass is 340 g/mol. The fourth-order valence-corrected chi connectivity index (χ4v) is 3.71. The van der Waals surface area contributed by atoms with Crippen LogP contribution in [0.5, 0.6) is 5.75 Å². The number of rotatable bonds is 5. The molecule has 0 saturated carbocycles. The first kappa shape index (κ1) is 17.1. The van der Waals surface area contributed by atoms with Crippen LogP contribution in [0.25, 0.3) is 0 Å². The highest BCUT2D eigenvalue weighted by Gasteiger charge is 2.43. The van der Waals surface area contributed by atoms with Crippen molar-refractivity contribution in [1.29, 1.82) is 0 Å². The summed E-state index contributed by atoms with van der Waals surface area (Å²) >= 11 is 1.44. The molecule has 1 fully saturated rings. The fraction of sp³-hybridized carbons (Fsp3) is 0.429. The number of carboxylic acids is 1. The van der Waals surface area contributed by atoms with E-state index in [4.69, 9.17) is 4.74 Å². The lowest BCUT2D eigenvalue weighted by molar-refractivity contribution is -0.385. The van der Waals surface area contributed by atoms with E-state index < -0.39 is 22.3 Å². The predicted molar refractivity (Wildman–Crippen MR) is 84.2 cm³/mol. The van der Waals surface area contributed by atoms with Gasteiger partial charge in [-0.05, 0) is 25.2 Å². The molecule has 2 N–H and O–H groups in total. The summed E-state index contributed by atoms with van der Waals surface area (Å²) in [6.07, 6.45) is 0.309. The largest absolute Gasteiger partial charge is 0.496 e. The van der Waals surface area contributed by atoms with Crippen molar-refractivity contribution in [1.82, 2.24) is 5.32 Å². The second kappa shape index (κ2) is 6.45. The number of thioether (sulfide) groups is 1. The molecule has 124 valence electrons. The summed E-state index contributed by atoms with van der Waals surface area (Å²) in [6.45, 7) is 1.52. The molecule has 1 aliphatic rings. The highest BCUT2D eigenvalue weighted by molar-refractivity contribution is 7.99. The maximum atomic E-state index is 12.4. The average molecular weight is 340 g/mol. The van der Waals surface area contributed by atoms with Crippen molar-refractivity contribution in [2.24, 2.45) is 0 Å². The molecule has 9 heteroatoms. The Morgan fingerprint density at radius 3 is 2.65 bits per heavy atom. The minimum atomic E-state index is -1.34. The molecule has 0 bridgehead atoms. The van der Waals surface area contributed by atoms with Crippen LogP contribution in [0.3, 0.4) is 0 Å². The number of hydrogen-bond donors (Lipinski definition) is 2. The van der Waals surface area contributed by atoms with Gasteiger partial charge in [0.25, 0.3) is 11.6 Å². The van der Waals surface area contributed by atoms with Gasteiger partial charge in [0.1, 0.15) is 11.3 Å². The van der Waals surface area contributed by atoms with Crippen LogP contribution in [-0.4, -0.2) is 46.1 Å². The Labute approximate surface area is 136 Å². The quantitative estimate of drug-likeness (QED) is 0.617. The number of carbonyl (C=O) groups excluding carboxylic acids is 1. The maximum Gasteiger partial charge on any atom is 0.330 e. The Balaban J connectivity index is 2.37. The second-order valence-corrected chi connectivity index (χ2v) is 6.33. The van der Waals surface area contributed by atoms with Gasteiger partial charge in [-0.2, -0.15) is 11.8 Å². The number of benzene rings is 1. The Bertz CT molecular complexity index is 669. The molecular weight excluding hydrogens is 324 g/mol. The van der Waals surface area contributed by atoms with Gasteiger partial charge >= 0.3 is 5.97 Å². The normalized spacial score (nSPS) is 20.1. The number of methoxy groups -OCH3 is 1. The topological polar surface area (TPSA) is 119 Å². The molecule has 0 radical (unpaired) electrons. The molecule has 1 aliphatic heterocycles. The van der Waals surface area contributed by atoms with Crippen molar-refractivity contribution in [2.45, 2.75) is 18.9 Å². The second-order valence-electron chi connectivity index (χ2n) is 5.22. The number of hydrogen-bond acceptors (Lipinski definition) is 6. The average Bonchev–Trinajstić information content (AvgIpc) is 2.96. The first-order valence-electron chi connectivity index (χ1n) is 6.77. The van der Waals surface area contributed by atoms with Crippen LogP contribution in [0.1, 0.15) is 22.3 Å². The van der Waals surface area contributed by atoms with Crippen LogP contribution in [0.15, 0.2) is 12.1 Å². The Kier molecular flexibility index (Phi) is 4.79. The maximum absolute atomic E-state index is 12.4. The molecule has 1 saturated heterocycles. The molecule has 23 heavy (non-hydrogen) atoms. The number of ether oxygens (including phenoxy) is 1. The molecule has 1 atom stereocenters. The van der Waals surface area contributed by atoms with E-state index in [1.807, 2.05) is 0 Å². The molecule has 1 aromatic carbocycles. The SMILES string of the molecule is COc1cc(C(=O)NC2(C(=O)O)CCSC2)cc([N+](=O)[O-])c1C. The van der Waals surface area contributed by atoms with Crippen molar-refractivity contribution in [2.75, 3.05) is 18.6 Å². The minimum Gasteiger partial charge on any atom is -0.496 e. The summed E-state index contributed by atoms with van der Waals surface area (Å²) in [7, 11) is 1.35. The highest BCUT2D eigenvalue weighted by Crippen LogP contribution is 2.31. The van der Waals surface area contributed by atoms with Gasteiger partial charge < -0.3 is 15.2 Å². The number of carbonyl (C=O) groups is 2. The van der Waals surface area contributed by atoms with Crippen LogP contribution in [0.2, 0.25) is 0 Å². The van der Waals surface area contributed by atoms with Crippen molar-refractivity contribution < 1.29 is 24.4 Å². The Morgan fingerprint density at radius 2 is 2.17 bits per heavy atom. The number of nitro groups is 1. The number of amides is 1. The van der Waals surface area contributed by atoms with Crippen molar-refractivity contribution in [3.8, 4) is 5.75 Å². The fourth-order valence-electron chi connectivity index (χ4n) is 2.38. The van der Waals surface area contributed by atoms with Crippen molar-refractivity contribution in [3.63, 3.8) is 0 Å². The molecule has 1 unspecified atom stereocenters. The van der Waals surface area contributed by atoms with Crippen LogP contribution < -0.4 is 10.1 Å². The zero-order chi connectivity index (χ0) is 17.2. The first-order valence-corrected chi connectivity index (χ1v) is 7.93. The molecule has 1 amide bonds. The molecule has 0 aliphatic carbocycles. The first-order chi connectivity index (χ1) is 10.8. The minimum absolute atomic E-state index is 0.00308. The standard InChI is InChI=1S/C14H16N2O6S/c1-8-10(16(20)21)5-9(6-11(8)22-2)12(17)15-14(13(18)19)3-4-23-7-14/h5-6H,3-4,7H2,1-2H3,(H,15,17)(H,18,19). The lowest BCUT2D eigenvalue weighted by Crippen LogP contribution is -2.54. The predicted octanol–water partition coefficient (Wildman–Crippen LogP) is 1.60. The van der Waals surface area contributed by atoms with E-state index in [2.05, 4.69) is 5.32 Å². The van der Waals surface area contributed by atoms with Crippen molar-refractivity contribution >= 4 is 29.3 Å². The number of nitrogens with one attached hydrogen (secondary N) is 1. The number of aliphatic carboxylic acids is 1. The zero-order valence-electron chi connectivity index (χ0n) is 12.6. The highest BCUT2D eigenvalue weighted by atomic mass is 32.2. The van der Waals surface area contributed by atoms with Gasteiger partial charge in [-0.3, -0.25) is 14.9 Å². The molecule has 1 heterocycles. The van der Waals surface area contributed by atoms with Gasteiger partial charge in [0.05, 0.1) is 17.6 Å². The van der Waals surface area contributed by atoms with E-state index in [9.17, 15) is 24.8 Å². The van der Waals surface area contributed by atoms with E-state index in [0.29, 0.717) is 17.7 Å². The van der Waals surface area contributed by atoms with E-state index in [1.54, 1.807) is 0 Å².